The summed E-state index contributed by atoms with van der Waals surface area (Å²) in [5, 5.41) is 63.7. The second-order valence-electron chi connectivity index (χ2n) is 9.69. The molecule has 0 bridgehead atoms. The van der Waals surface area contributed by atoms with Crippen molar-refractivity contribution in [2.75, 3.05) is 39.4 Å². The Labute approximate surface area is 222 Å². The van der Waals surface area contributed by atoms with Gasteiger partial charge in [0.25, 0.3) is 0 Å². The summed E-state index contributed by atoms with van der Waals surface area (Å²) in [7, 11) is 0. The van der Waals surface area contributed by atoms with Gasteiger partial charge in [-0.25, -0.2) is 0 Å². The van der Waals surface area contributed by atoms with Crippen molar-refractivity contribution >= 4 is 18.4 Å². The average molecular weight is 547 g/mol. The first kappa shape index (κ1) is 30.6. The van der Waals surface area contributed by atoms with Crippen LogP contribution in [0.2, 0.25) is 0 Å². The zero-order valence-corrected chi connectivity index (χ0v) is 21.8. The number of rotatable bonds is 12. The van der Waals surface area contributed by atoms with E-state index in [-0.39, 0.29) is 0 Å². The van der Waals surface area contributed by atoms with Gasteiger partial charge in [0, 0.05) is 33.1 Å². The summed E-state index contributed by atoms with van der Waals surface area (Å²) in [5.41, 5.74) is 0. The van der Waals surface area contributed by atoms with Crippen LogP contribution in [0.4, 0.5) is 0 Å². The van der Waals surface area contributed by atoms with Gasteiger partial charge < -0.3 is 44.5 Å². The Morgan fingerprint density at radius 1 is 0.974 bits per heavy atom. The molecule has 5 N–H and O–H groups in total. The molecule has 14 heteroatoms. The van der Waals surface area contributed by atoms with Crippen molar-refractivity contribution in [1.29, 1.82) is 0 Å². The van der Waals surface area contributed by atoms with Crippen LogP contribution in [0.15, 0.2) is 10.2 Å². The monoisotopic (exact) mass is 546 g/mol. The summed E-state index contributed by atoms with van der Waals surface area (Å²) in [6, 6.07) is 0. The van der Waals surface area contributed by atoms with Gasteiger partial charge in [-0.1, -0.05) is 0 Å². The zero-order valence-electron chi connectivity index (χ0n) is 21.8. The Hall–Kier alpha value is -1.91. The van der Waals surface area contributed by atoms with E-state index in [2.05, 4.69) is 10.2 Å². The predicted octanol–water partition coefficient (Wildman–Crippen LogP) is -1.62. The van der Waals surface area contributed by atoms with E-state index < -0.39 is 68.4 Å². The number of hydrogen-bond acceptors (Lipinski definition) is 14. The summed E-state index contributed by atoms with van der Waals surface area (Å²) in [6.07, 6.45) is -2.24. The minimum Gasteiger partial charge on any atom is -0.457 e. The summed E-state index contributed by atoms with van der Waals surface area (Å²) in [6.45, 7) is 2.91. The van der Waals surface area contributed by atoms with Gasteiger partial charge in [0.2, 0.25) is 0 Å². The fourth-order valence-electron chi connectivity index (χ4n) is 4.61. The minimum absolute atomic E-state index is 0.590. The number of esters is 1. The van der Waals surface area contributed by atoms with E-state index in [1.165, 1.54) is 12.4 Å². The lowest BCUT2D eigenvalue weighted by Gasteiger charge is -2.42. The van der Waals surface area contributed by atoms with Crippen molar-refractivity contribution in [1.82, 2.24) is 10.0 Å². The third-order valence-corrected chi connectivity index (χ3v) is 6.68. The average Bonchev–Trinajstić information content (AvgIpc) is 2.93. The van der Waals surface area contributed by atoms with Crippen LogP contribution in [0.1, 0.15) is 45.4 Å². The molecule has 0 radical (unpaired) electrons. The van der Waals surface area contributed by atoms with E-state index in [0.717, 1.165) is 71.6 Å². The molecule has 8 atom stereocenters. The predicted molar refractivity (Wildman–Crippen MR) is 134 cm³/mol. The van der Waals surface area contributed by atoms with E-state index in [4.69, 9.17) is 18.9 Å². The SMILES string of the molecule is CC(=O)O[C@@H]1[C@@H](O)[C@H](CO)O[C@H](O[C@@H](/C=N\N2CCCCC2)[C@@H](CO)O[C@H](O)/C=N/N2CCCCC2)[C@@H]1O. The lowest BCUT2D eigenvalue weighted by molar-refractivity contribution is -0.315. The summed E-state index contributed by atoms with van der Waals surface area (Å²) >= 11 is 0. The molecule has 3 heterocycles. The van der Waals surface area contributed by atoms with E-state index in [0.29, 0.717) is 0 Å². The highest BCUT2D eigenvalue weighted by Gasteiger charge is 2.48. The molecular formula is C24H42N4O10. The number of aliphatic hydroxyl groups excluding tert-OH is 5. The van der Waals surface area contributed by atoms with Crippen molar-refractivity contribution in [3.63, 3.8) is 0 Å². The second kappa shape index (κ2) is 15.6. The van der Waals surface area contributed by atoms with Gasteiger partial charge in [0.05, 0.1) is 25.6 Å². The van der Waals surface area contributed by atoms with Gasteiger partial charge in [-0.3, -0.25) is 14.8 Å². The van der Waals surface area contributed by atoms with Gasteiger partial charge >= 0.3 is 5.97 Å². The van der Waals surface area contributed by atoms with Gasteiger partial charge in [0.15, 0.2) is 18.7 Å². The molecule has 3 saturated heterocycles. The number of aliphatic hydroxyl groups is 5. The van der Waals surface area contributed by atoms with Crippen LogP contribution in [0.3, 0.4) is 0 Å². The van der Waals surface area contributed by atoms with Gasteiger partial charge in [0.1, 0.15) is 30.5 Å². The largest absolute Gasteiger partial charge is 0.457 e. The van der Waals surface area contributed by atoms with Crippen LogP contribution in [-0.2, 0) is 23.7 Å². The Morgan fingerprint density at radius 3 is 2.08 bits per heavy atom. The van der Waals surface area contributed by atoms with Crippen molar-refractivity contribution < 1.29 is 49.3 Å². The molecule has 14 nitrogen and oxygen atoms in total. The Bertz CT molecular complexity index is 762. The Kier molecular flexibility index (Phi) is 12.6. The number of carbonyl (C=O) groups excluding carboxylic acids is 1. The third kappa shape index (κ3) is 9.09. The van der Waals surface area contributed by atoms with E-state index in [1.807, 2.05) is 10.0 Å². The molecule has 218 valence electrons. The zero-order chi connectivity index (χ0) is 27.5. The van der Waals surface area contributed by atoms with Gasteiger partial charge in [-0.2, -0.15) is 10.2 Å². The number of ether oxygens (including phenoxy) is 4. The van der Waals surface area contributed by atoms with Crippen LogP contribution < -0.4 is 0 Å². The lowest BCUT2D eigenvalue weighted by atomic mass is 9.99. The standard InChI is InChI=1S/C24H42N4O10/c1-16(31)35-23-21(33)19(15-30)38-24(22(23)34)37-17(12-25-27-8-4-2-5-9-27)18(14-29)36-20(32)13-26-28-10-6-3-7-11-28/h12-13,17-24,29-30,32-34H,2-11,14-15H2,1H3/b25-12-,26-13+/t17-,18+,19-,20-,21-,22+,23+,24-/m0/s1. The van der Waals surface area contributed by atoms with Crippen LogP contribution in [0.5, 0.6) is 0 Å². The number of piperidine rings is 2. The molecule has 3 rings (SSSR count). The maximum atomic E-state index is 11.5. The number of hydrogen-bond donors (Lipinski definition) is 5. The van der Waals surface area contributed by atoms with E-state index in [1.54, 1.807) is 0 Å². The highest BCUT2D eigenvalue weighted by atomic mass is 16.7. The molecule has 3 aliphatic heterocycles. The topological polar surface area (TPSA) is 186 Å². The highest BCUT2D eigenvalue weighted by Crippen LogP contribution is 2.26. The molecule has 0 unspecified atom stereocenters. The summed E-state index contributed by atoms with van der Waals surface area (Å²) in [5.74, 6) is -0.749. The van der Waals surface area contributed by atoms with Gasteiger partial charge in [-0.05, 0) is 38.5 Å². The second-order valence-corrected chi connectivity index (χ2v) is 9.69. The van der Waals surface area contributed by atoms with Crippen LogP contribution >= 0.6 is 0 Å². The first-order chi connectivity index (χ1) is 18.3. The van der Waals surface area contributed by atoms with Crippen LogP contribution in [0.25, 0.3) is 0 Å². The molecule has 0 spiro atoms. The maximum Gasteiger partial charge on any atom is 0.303 e. The summed E-state index contributed by atoms with van der Waals surface area (Å²) in [4.78, 5) is 11.5. The maximum absolute atomic E-state index is 11.5. The third-order valence-electron chi connectivity index (χ3n) is 6.68. The molecule has 3 fully saturated rings. The molecule has 38 heavy (non-hydrogen) atoms. The van der Waals surface area contributed by atoms with Crippen LogP contribution in [-0.4, -0.2) is 143 Å². The molecule has 0 aromatic rings. The molecule has 0 aromatic carbocycles. The first-order valence-corrected chi connectivity index (χ1v) is 13.3. The van der Waals surface area contributed by atoms with Crippen molar-refractivity contribution in [2.24, 2.45) is 10.2 Å². The van der Waals surface area contributed by atoms with Crippen molar-refractivity contribution in [3.05, 3.63) is 0 Å². The number of nitrogens with zero attached hydrogens (tertiary/aromatic N) is 4. The smallest absolute Gasteiger partial charge is 0.303 e. The fourth-order valence-corrected chi connectivity index (χ4v) is 4.61. The van der Waals surface area contributed by atoms with Crippen LogP contribution in [0, 0.1) is 0 Å². The quantitative estimate of drug-likeness (QED) is 0.107. The number of carbonyl (C=O) groups is 1. The van der Waals surface area contributed by atoms with Crippen molar-refractivity contribution in [2.45, 2.75) is 94.7 Å². The normalized spacial score (nSPS) is 31.5. The Balaban J connectivity index is 1.75. The highest BCUT2D eigenvalue weighted by molar-refractivity contribution is 5.66. The molecular weight excluding hydrogens is 504 g/mol. The Morgan fingerprint density at radius 2 is 1.55 bits per heavy atom. The molecule has 0 saturated carbocycles. The lowest BCUT2D eigenvalue weighted by Crippen LogP contribution is -2.61. The van der Waals surface area contributed by atoms with E-state index in [9.17, 15) is 30.3 Å². The minimum atomic E-state index is -1.63. The van der Waals surface area contributed by atoms with Gasteiger partial charge in [-0.15, -0.1) is 0 Å². The fraction of sp³-hybridized carbons (Fsp3) is 0.875. The molecule has 0 aliphatic carbocycles. The molecule has 0 aromatic heterocycles. The first-order valence-electron chi connectivity index (χ1n) is 13.3. The summed E-state index contributed by atoms with van der Waals surface area (Å²) < 4.78 is 22.1. The number of hydrazone groups is 2. The molecule has 0 amide bonds. The van der Waals surface area contributed by atoms with Crippen molar-refractivity contribution in [3.8, 4) is 0 Å². The molecule has 3 aliphatic rings. The van der Waals surface area contributed by atoms with E-state index >= 15 is 0 Å².